The third kappa shape index (κ3) is 1.40. The molecule has 0 amide bonds. The van der Waals surface area contributed by atoms with Crippen LogP contribution >= 0.6 is 0 Å². The molecule has 2 aliphatic heterocycles. The van der Waals surface area contributed by atoms with Gasteiger partial charge < -0.3 is 5.32 Å². The van der Waals surface area contributed by atoms with Crippen LogP contribution in [0.15, 0.2) is 23.5 Å². The highest BCUT2D eigenvalue weighted by Crippen LogP contribution is 2.16. The Balaban J connectivity index is 1.75. The molecule has 18 heavy (non-hydrogen) atoms. The molecule has 0 spiro atoms. The largest absolute Gasteiger partial charge is 0.348 e. The summed E-state index contributed by atoms with van der Waals surface area (Å²) in [7, 11) is 0. The van der Waals surface area contributed by atoms with Gasteiger partial charge in [-0.3, -0.25) is 10.3 Å². The van der Waals surface area contributed by atoms with E-state index in [4.69, 9.17) is 0 Å². The van der Waals surface area contributed by atoms with Gasteiger partial charge in [0.25, 0.3) is 0 Å². The van der Waals surface area contributed by atoms with Gasteiger partial charge in [-0.1, -0.05) is 5.21 Å². The fourth-order valence-electron chi connectivity index (χ4n) is 2.53. The zero-order chi connectivity index (χ0) is 11.9. The molecule has 4 heterocycles. The van der Waals surface area contributed by atoms with Crippen molar-refractivity contribution < 1.29 is 0 Å². The molecule has 2 N–H and O–H groups in total. The fraction of sp³-hybridized carbons (Fsp3) is 0.455. The molecule has 2 aliphatic rings. The lowest BCUT2D eigenvalue weighted by atomic mass is 10.1. The molecule has 2 aromatic heterocycles. The van der Waals surface area contributed by atoms with Crippen LogP contribution in [0.4, 0.5) is 0 Å². The molecule has 0 saturated carbocycles. The predicted molar refractivity (Wildman–Crippen MR) is 66.1 cm³/mol. The maximum absolute atomic E-state index is 4.63. The second-order valence-electron chi connectivity index (χ2n) is 4.61. The molecule has 7 heteroatoms. The molecular formula is C11H13N7. The molecule has 92 valence electrons. The van der Waals surface area contributed by atoms with Crippen LogP contribution in [0.5, 0.6) is 0 Å². The fourth-order valence-corrected chi connectivity index (χ4v) is 2.53. The van der Waals surface area contributed by atoms with Crippen molar-refractivity contribution >= 4 is 17.0 Å². The molecule has 0 aliphatic carbocycles. The number of pyridine rings is 1. The van der Waals surface area contributed by atoms with E-state index >= 15 is 0 Å². The highest BCUT2D eigenvalue weighted by Gasteiger charge is 2.32. The Morgan fingerprint density at radius 2 is 2.39 bits per heavy atom. The maximum atomic E-state index is 4.63. The summed E-state index contributed by atoms with van der Waals surface area (Å²) >= 11 is 0. The summed E-state index contributed by atoms with van der Waals surface area (Å²) in [6, 6.07) is 2.21. The van der Waals surface area contributed by atoms with Gasteiger partial charge in [-0.15, -0.1) is 5.10 Å². The number of hydrogen-bond acceptors (Lipinski definition) is 6. The van der Waals surface area contributed by atoms with E-state index in [1.54, 1.807) is 17.1 Å². The van der Waals surface area contributed by atoms with E-state index in [0.717, 1.165) is 30.0 Å². The number of aliphatic imine (C=N–C) groups is 1. The Labute approximate surface area is 103 Å². The van der Waals surface area contributed by atoms with Crippen LogP contribution in [0, 0.1) is 0 Å². The van der Waals surface area contributed by atoms with Gasteiger partial charge in [-0.2, -0.15) is 4.68 Å². The van der Waals surface area contributed by atoms with Crippen LogP contribution in [0.3, 0.4) is 0 Å². The van der Waals surface area contributed by atoms with Gasteiger partial charge in [0.05, 0.1) is 12.2 Å². The molecule has 2 aromatic rings. The van der Waals surface area contributed by atoms with Crippen molar-refractivity contribution in [1.29, 1.82) is 0 Å². The van der Waals surface area contributed by atoms with Crippen molar-refractivity contribution in [3.05, 3.63) is 18.5 Å². The lowest BCUT2D eigenvalue weighted by Gasteiger charge is -2.24. The first-order chi connectivity index (χ1) is 8.92. The number of hydrogen-bond donors (Lipinski definition) is 2. The maximum Gasteiger partial charge on any atom is 0.223 e. The van der Waals surface area contributed by atoms with Gasteiger partial charge in [-0.25, -0.2) is 4.99 Å². The molecule has 1 saturated heterocycles. The van der Waals surface area contributed by atoms with Crippen molar-refractivity contribution in [2.75, 3.05) is 6.54 Å². The van der Waals surface area contributed by atoms with Crippen LogP contribution in [-0.2, 0) is 0 Å². The van der Waals surface area contributed by atoms with Crippen LogP contribution in [0.25, 0.3) is 11.0 Å². The average molecular weight is 243 g/mol. The van der Waals surface area contributed by atoms with Crippen molar-refractivity contribution in [2.24, 2.45) is 4.99 Å². The van der Waals surface area contributed by atoms with E-state index in [2.05, 4.69) is 30.9 Å². The Kier molecular flexibility index (Phi) is 2.07. The van der Waals surface area contributed by atoms with E-state index in [9.17, 15) is 0 Å². The molecule has 0 aromatic carbocycles. The monoisotopic (exact) mass is 243 g/mol. The van der Waals surface area contributed by atoms with Crippen LogP contribution < -0.4 is 10.6 Å². The Bertz CT molecular complexity index is 617. The molecule has 2 unspecified atom stereocenters. The summed E-state index contributed by atoms with van der Waals surface area (Å²) in [6.45, 7) is 1.03. The summed E-state index contributed by atoms with van der Waals surface area (Å²) in [5.41, 5.74) is 1.71. The minimum atomic E-state index is 0.157. The number of nitrogens with one attached hydrogen (secondary N) is 2. The lowest BCUT2D eigenvalue weighted by Crippen LogP contribution is -2.47. The van der Waals surface area contributed by atoms with E-state index in [1.807, 2.05) is 6.07 Å². The molecule has 0 bridgehead atoms. The molecule has 0 radical (unpaired) electrons. The van der Waals surface area contributed by atoms with Gasteiger partial charge in [0.1, 0.15) is 17.2 Å². The third-order valence-corrected chi connectivity index (χ3v) is 3.45. The summed E-state index contributed by atoms with van der Waals surface area (Å²) in [5.74, 6) is 0.759. The number of fused-ring (bicyclic) bond motifs is 2. The zero-order valence-corrected chi connectivity index (χ0v) is 9.74. The van der Waals surface area contributed by atoms with Gasteiger partial charge in [-0.05, 0) is 25.5 Å². The number of aromatic nitrogens is 4. The Hall–Kier alpha value is -2.02. The molecule has 1 fully saturated rings. The summed E-state index contributed by atoms with van der Waals surface area (Å²) < 4.78 is 1.72. The molecule has 4 rings (SSSR count). The average Bonchev–Trinajstić information content (AvgIpc) is 3.02. The van der Waals surface area contributed by atoms with Crippen LogP contribution in [0.2, 0.25) is 0 Å². The summed E-state index contributed by atoms with van der Waals surface area (Å²) in [4.78, 5) is 8.74. The minimum absolute atomic E-state index is 0.157. The van der Waals surface area contributed by atoms with Crippen LogP contribution in [0.1, 0.15) is 12.8 Å². The Morgan fingerprint density at radius 1 is 1.39 bits per heavy atom. The standard InChI is InChI=1S/C11H13N7/c1-2-8-10(13-4-1)15-11(14-8)18-9-6-12-5-3-7(9)16-17-18/h3,5-6,8,10,13H,1-2,4H2,(H,14,15). The molecular weight excluding hydrogens is 230 g/mol. The van der Waals surface area contributed by atoms with E-state index in [1.165, 1.54) is 6.42 Å². The molecule has 2 atom stereocenters. The minimum Gasteiger partial charge on any atom is -0.348 e. The lowest BCUT2D eigenvalue weighted by molar-refractivity contribution is 0.359. The smallest absolute Gasteiger partial charge is 0.223 e. The quantitative estimate of drug-likeness (QED) is 0.664. The van der Waals surface area contributed by atoms with Crippen LogP contribution in [-0.4, -0.2) is 44.7 Å². The van der Waals surface area contributed by atoms with E-state index in [-0.39, 0.29) is 6.17 Å². The summed E-state index contributed by atoms with van der Waals surface area (Å²) in [6.07, 6.45) is 5.94. The summed E-state index contributed by atoms with van der Waals surface area (Å²) in [5, 5.41) is 15.1. The predicted octanol–water partition coefficient (Wildman–Crippen LogP) is -0.288. The van der Waals surface area contributed by atoms with Gasteiger partial charge >= 0.3 is 0 Å². The Morgan fingerprint density at radius 3 is 3.33 bits per heavy atom. The van der Waals surface area contributed by atoms with Crippen molar-refractivity contribution in [3.8, 4) is 0 Å². The highest BCUT2D eigenvalue weighted by molar-refractivity contribution is 5.91. The normalized spacial score (nSPS) is 26.8. The van der Waals surface area contributed by atoms with Crippen molar-refractivity contribution in [1.82, 2.24) is 30.6 Å². The number of nitrogens with zero attached hydrogens (tertiary/aromatic N) is 5. The zero-order valence-electron chi connectivity index (χ0n) is 9.74. The molecule has 7 nitrogen and oxygen atoms in total. The topological polar surface area (TPSA) is 80.0 Å². The van der Waals surface area contributed by atoms with E-state index < -0.39 is 0 Å². The first-order valence-electron chi connectivity index (χ1n) is 6.15. The van der Waals surface area contributed by atoms with Gasteiger partial charge in [0.2, 0.25) is 5.96 Å². The van der Waals surface area contributed by atoms with Crippen molar-refractivity contribution in [2.45, 2.75) is 25.0 Å². The van der Waals surface area contributed by atoms with Gasteiger partial charge in [0.15, 0.2) is 0 Å². The highest BCUT2D eigenvalue weighted by atomic mass is 15.5. The second-order valence-corrected chi connectivity index (χ2v) is 4.61. The SMILES string of the molecule is c1cc2nnn(C3=NC4NCCCC4N3)c2cn1. The van der Waals surface area contributed by atoms with E-state index in [0.29, 0.717) is 6.04 Å². The first-order valence-corrected chi connectivity index (χ1v) is 6.15. The third-order valence-electron chi connectivity index (χ3n) is 3.45. The number of rotatable bonds is 0. The second kappa shape index (κ2) is 3.74. The van der Waals surface area contributed by atoms with Gasteiger partial charge in [0, 0.05) is 6.20 Å². The first kappa shape index (κ1) is 9.95. The number of piperidine rings is 1. The van der Waals surface area contributed by atoms with Crippen molar-refractivity contribution in [3.63, 3.8) is 0 Å².